The number of hydrogen-bond acceptors (Lipinski definition) is 9. The van der Waals surface area contributed by atoms with E-state index in [1.165, 1.54) is 12.4 Å². The number of H-pyrrole nitrogens is 2. The highest BCUT2D eigenvalue weighted by atomic mass is 31.2. The van der Waals surface area contributed by atoms with Crippen molar-refractivity contribution < 1.29 is 52.5 Å². The Morgan fingerprint density at radius 3 is 1.46 bits per heavy atom. The lowest BCUT2D eigenvalue weighted by Gasteiger charge is -2.19. The molecule has 0 spiro atoms. The number of aromatic amines is 2. The lowest BCUT2D eigenvalue weighted by atomic mass is 10.4. The van der Waals surface area contributed by atoms with E-state index >= 15 is 0 Å². The van der Waals surface area contributed by atoms with Crippen LogP contribution in [0.5, 0.6) is 0 Å². The SMILES string of the molecule is O=[P+](OC(O)C(c1ncc[nH]1)P(=O)(O)O)OC(O)C(c1ncc[nH]1)P(=O)(O)O. The summed E-state index contributed by atoms with van der Waals surface area (Å²) in [5, 5.41) is 19.8. The number of hydrogen-bond donors (Lipinski definition) is 8. The normalized spacial score (nSPS) is 17.7. The molecule has 0 bridgehead atoms. The van der Waals surface area contributed by atoms with Crippen molar-refractivity contribution in [1.82, 2.24) is 19.9 Å². The van der Waals surface area contributed by atoms with E-state index in [0.29, 0.717) is 0 Å². The average Bonchev–Trinajstić information content (AvgIpc) is 3.17. The average molecular weight is 461 g/mol. The van der Waals surface area contributed by atoms with E-state index in [1.807, 2.05) is 0 Å². The van der Waals surface area contributed by atoms with Crippen LogP contribution in [0.3, 0.4) is 0 Å². The number of nitrogens with one attached hydrogen (secondary N) is 2. The summed E-state index contributed by atoms with van der Waals surface area (Å²) >= 11 is 0. The molecule has 2 aromatic rings. The largest absolute Gasteiger partial charge is 0.702 e. The number of imidazole rings is 2. The van der Waals surface area contributed by atoms with E-state index in [0.717, 1.165) is 12.4 Å². The minimum absolute atomic E-state index is 0.381. The molecule has 15 nitrogen and oxygen atoms in total. The van der Waals surface area contributed by atoms with Crippen LogP contribution in [0.15, 0.2) is 24.8 Å². The molecule has 0 saturated carbocycles. The predicted molar refractivity (Wildman–Crippen MR) is 88.5 cm³/mol. The number of aliphatic hydroxyl groups is 2. The van der Waals surface area contributed by atoms with Gasteiger partial charge in [-0.1, -0.05) is 9.05 Å². The number of nitrogens with zero attached hydrogens (tertiary/aromatic N) is 2. The van der Waals surface area contributed by atoms with Crippen LogP contribution in [0.4, 0.5) is 0 Å². The number of aliphatic hydroxyl groups excluding tert-OH is 2. The van der Waals surface area contributed by atoms with Crippen LogP contribution in [0, 0.1) is 0 Å². The van der Waals surface area contributed by atoms with Crippen molar-refractivity contribution in [3.05, 3.63) is 36.4 Å². The molecule has 4 atom stereocenters. The van der Waals surface area contributed by atoms with Gasteiger partial charge in [-0.25, -0.2) is 9.97 Å². The van der Waals surface area contributed by atoms with Gasteiger partial charge in [-0.05, 0) is 0 Å². The highest BCUT2D eigenvalue weighted by molar-refractivity contribution is 7.52. The van der Waals surface area contributed by atoms with E-state index < -0.39 is 47.3 Å². The number of rotatable bonds is 10. The summed E-state index contributed by atoms with van der Waals surface area (Å²) in [6, 6.07) is 0. The molecule has 2 aromatic heterocycles. The fraction of sp³-hybridized carbons (Fsp3) is 0.400. The van der Waals surface area contributed by atoms with E-state index in [1.54, 1.807) is 0 Å². The second-order valence-corrected chi connectivity index (χ2v) is 9.57. The Bertz CT molecular complexity index is 793. The van der Waals surface area contributed by atoms with Crippen LogP contribution in [0.2, 0.25) is 0 Å². The van der Waals surface area contributed by atoms with Crippen molar-refractivity contribution >= 4 is 23.4 Å². The van der Waals surface area contributed by atoms with E-state index in [-0.39, 0.29) is 11.6 Å². The summed E-state index contributed by atoms with van der Waals surface area (Å²) in [6.07, 6.45) is -0.115. The molecule has 0 aliphatic carbocycles. The molecule has 0 aliphatic rings. The maximum absolute atomic E-state index is 11.9. The second-order valence-electron chi connectivity index (χ2n) is 5.23. The van der Waals surface area contributed by atoms with E-state index in [2.05, 4.69) is 29.0 Å². The highest BCUT2D eigenvalue weighted by Gasteiger charge is 2.48. The van der Waals surface area contributed by atoms with Crippen LogP contribution in [-0.4, -0.2) is 62.3 Å². The van der Waals surface area contributed by atoms with Crippen LogP contribution in [0.25, 0.3) is 0 Å². The number of aromatic nitrogens is 4. The van der Waals surface area contributed by atoms with E-state index in [9.17, 15) is 43.5 Å². The quantitative estimate of drug-likeness (QED) is 0.166. The van der Waals surface area contributed by atoms with Crippen LogP contribution in [-0.2, 0) is 22.7 Å². The van der Waals surface area contributed by atoms with Gasteiger partial charge in [0.25, 0.3) is 0 Å². The first kappa shape index (κ1) is 22.9. The maximum atomic E-state index is 11.9. The highest BCUT2D eigenvalue weighted by Crippen LogP contribution is 2.56. The topological polar surface area (TPSA) is 248 Å². The molecule has 0 aromatic carbocycles. The van der Waals surface area contributed by atoms with Gasteiger partial charge >= 0.3 is 23.4 Å². The Labute approximate surface area is 157 Å². The fourth-order valence-corrected chi connectivity index (χ4v) is 4.66. The van der Waals surface area contributed by atoms with Gasteiger partial charge in [0.1, 0.15) is 11.6 Å². The standard InChI is InChI=1S/C10H15N4O11P3/c15-9(5(27(18,19)20)7-11-1-2-12-7)24-26(17)25-10(16)6(28(21,22)23)8-13-3-4-14-8/h1-6,9-10,15-16H,(H5-,11,12,13,14,18,19,20,21,22,23)/p+1. The van der Waals surface area contributed by atoms with Crippen molar-refractivity contribution in [3.8, 4) is 0 Å². The van der Waals surface area contributed by atoms with Gasteiger partial charge in [-0.15, -0.1) is 0 Å². The van der Waals surface area contributed by atoms with Crippen molar-refractivity contribution in [2.24, 2.45) is 0 Å². The van der Waals surface area contributed by atoms with Crippen molar-refractivity contribution in [2.45, 2.75) is 23.9 Å². The first-order chi connectivity index (χ1) is 12.9. The summed E-state index contributed by atoms with van der Waals surface area (Å²) in [7, 11) is -13.6. The zero-order chi connectivity index (χ0) is 21.1. The van der Waals surface area contributed by atoms with Crippen molar-refractivity contribution in [2.75, 3.05) is 0 Å². The summed E-state index contributed by atoms with van der Waals surface area (Å²) < 4.78 is 43.9. The first-order valence-electron chi connectivity index (χ1n) is 7.17. The molecule has 2 heterocycles. The zero-order valence-corrected chi connectivity index (χ0v) is 16.3. The Hall–Kier alpha value is -1.34. The smallest absolute Gasteiger partial charge is 0.363 e. The molecule has 0 saturated heterocycles. The van der Waals surface area contributed by atoms with Crippen LogP contribution >= 0.6 is 23.4 Å². The van der Waals surface area contributed by atoms with Gasteiger partial charge in [0, 0.05) is 29.4 Å². The molecular weight excluding hydrogens is 445 g/mol. The van der Waals surface area contributed by atoms with E-state index in [4.69, 9.17) is 0 Å². The van der Waals surface area contributed by atoms with Crippen molar-refractivity contribution in [1.29, 1.82) is 0 Å². The Morgan fingerprint density at radius 1 is 0.857 bits per heavy atom. The molecule has 156 valence electrons. The molecule has 18 heteroatoms. The lowest BCUT2D eigenvalue weighted by molar-refractivity contribution is -0.0658. The monoisotopic (exact) mass is 461 g/mol. The molecule has 0 aliphatic heterocycles. The van der Waals surface area contributed by atoms with Gasteiger partial charge in [0.15, 0.2) is 11.3 Å². The third-order valence-corrected chi connectivity index (χ3v) is 6.48. The minimum Gasteiger partial charge on any atom is -0.363 e. The minimum atomic E-state index is -5.05. The Balaban J connectivity index is 2.11. The van der Waals surface area contributed by atoms with Gasteiger partial charge in [0.2, 0.25) is 12.6 Å². The summed E-state index contributed by atoms with van der Waals surface area (Å²) in [4.78, 5) is 49.2. The fourth-order valence-electron chi connectivity index (χ4n) is 2.12. The first-order valence-corrected chi connectivity index (χ1v) is 11.6. The van der Waals surface area contributed by atoms with Crippen molar-refractivity contribution in [3.63, 3.8) is 0 Å². The molecule has 2 rings (SSSR count). The summed E-state index contributed by atoms with van der Waals surface area (Å²) in [6.45, 7) is 0. The Kier molecular flexibility index (Phi) is 7.37. The molecular formula is C10H16N4O11P3+. The summed E-state index contributed by atoms with van der Waals surface area (Å²) in [5.74, 6) is -0.762. The maximum Gasteiger partial charge on any atom is 0.702 e. The van der Waals surface area contributed by atoms with Crippen LogP contribution in [0.1, 0.15) is 23.0 Å². The third kappa shape index (κ3) is 5.83. The molecule has 4 unspecified atom stereocenters. The molecule has 8 N–H and O–H groups in total. The zero-order valence-electron chi connectivity index (χ0n) is 13.6. The van der Waals surface area contributed by atoms with Crippen LogP contribution < -0.4 is 0 Å². The molecule has 0 amide bonds. The van der Waals surface area contributed by atoms with Gasteiger partial charge < -0.3 is 39.8 Å². The second kappa shape index (κ2) is 8.99. The third-order valence-electron chi connectivity index (χ3n) is 3.25. The summed E-state index contributed by atoms with van der Waals surface area (Å²) in [5.41, 5.74) is -4.13. The van der Waals surface area contributed by atoms with Gasteiger partial charge in [0.05, 0.1) is 0 Å². The van der Waals surface area contributed by atoms with Gasteiger partial charge in [-0.3, -0.25) is 9.13 Å². The molecule has 28 heavy (non-hydrogen) atoms. The van der Waals surface area contributed by atoms with Gasteiger partial charge in [-0.2, -0.15) is 0 Å². The molecule has 0 fully saturated rings. The lowest BCUT2D eigenvalue weighted by Crippen LogP contribution is -2.24. The Morgan fingerprint density at radius 2 is 1.21 bits per heavy atom. The predicted octanol–water partition coefficient (Wildman–Crippen LogP) is -0.402. The molecule has 0 radical (unpaired) electrons.